The van der Waals surface area contributed by atoms with Crippen molar-refractivity contribution in [1.29, 1.82) is 0 Å². The second-order valence-electron chi connectivity index (χ2n) is 6.38. The quantitative estimate of drug-likeness (QED) is 0.748. The van der Waals surface area contributed by atoms with Gasteiger partial charge in [-0.1, -0.05) is 34.6 Å². The molecular weight excluding hydrogens is 298 g/mol. The molecule has 0 unspecified atom stereocenters. The van der Waals surface area contributed by atoms with Crippen molar-refractivity contribution >= 4 is 40.5 Å². The molecule has 0 saturated carbocycles. The van der Waals surface area contributed by atoms with Crippen LogP contribution < -0.4 is 16.0 Å². The third kappa shape index (κ3) is 5.81. The Bertz CT molecular complexity index is 560. The van der Waals surface area contributed by atoms with Gasteiger partial charge in [0, 0.05) is 22.7 Å². The Morgan fingerprint density at radius 1 is 1.00 bits per heavy atom. The van der Waals surface area contributed by atoms with Crippen LogP contribution in [0.5, 0.6) is 0 Å². The molecule has 1 aromatic carbocycles. The van der Waals surface area contributed by atoms with Crippen LogP contribution in [-0.4, -0.2) is 16.9 Å². The lowest BCUT2D eigenvalue weighted by atomic mass is 9.96. The second kappa shape index (κ2) is 7.35. The monoisotopic (exact) mass is 321 g/mol. The first-order chi connectivity index (χ1) is 10.1. The van der Waals surface area contributed by atoms with Crippen LogP contribution in [0.25, 0.3) is 0 Å². The zero-order valence-electron chi connectivity index (χ0n) is 13.6. The van der Waals surface area contributed by atoms with E-state index in [9.17, 15) is 9.59 Å². The molecule has 0 heterocycles. The number of benzene rings is 1. The van der Waals surface area contributed by atoms with Gasteiger partial charge in [-0.15, -0.1) is 0 Å². The van der Waals surface area contributed by atoms with Gasteiger partial charge in [-0.2, -0.15) is 0 Å². The van der Waals surface area contributed by atoms with Crippen LogP contribution in [-0.2, 0) is 9.59 Å². The summed E-state index contributed by atoms with van der Waals surface area (Å²) in [6.07, 6.45) is 0. The van der Waals surface area contributed by atoms with E-state index in [4.69, 9.17) is 12.2 Å². The predicted molar refractivity (Wildman–Crippen MR) is 93.7 cm³/mol. The molecule has 0 aliphatic heterocycles. The van der Waals surface area contributed by atoms with Crippen molar-refractivity contribution in [2.45, 2.75) is 34.6 Å². The van der Waals surface area contributed by atoms with Crippen LogP contribution in [0, 0.1) is 11.3 Å². The summed E-state index contributed by atoms with van der Waals surface area (Å²) in [5.41, 5.74) is 0.951. The van der Waals surface area contributed by atoms with E-state index >= 15 is 0 Å². The van der Waals surface area contributed by atoms with Gasteiger partial charge in [0.15, 0.2) is 5.11 Å². The highest BCUT2D eigenvalue weighted by atomic mass is 32.1. The second-order valence-corrected chi connectivity index (χ2v) is 6.79. The largest absolute Gasteiger partial charge is 0.332 e. The molecule has 2 amide bonds. The van der Waals surface area contributed by atoms with E-state index in [0.29, 0.717) is 5.69 Å². The van der Waals surface area contributed by atoms with Gasteiger partial charge in [0.25, 0.3) is 0 Å². The molecule has 0 radical (unpaired) electrons. The van der Waals surface area contributed by atoms with Crippen molar-refractivity contribution in [2.75, 3.05) is 10.6 Å². The molecular formula is C16H23N3O2S. The lowest BCUT2D eigenvalue weighted by molar-refractivity contribution is -0.126. The molecule has 1 rings (SSSR count). The molecule has 120 valence electrons. The zero-order chi connectivity index (χ0) is 16.9. The van der Waals surface area contributed by atoms with Crippen molar-refractivity contribution in [2.24, 2.45) is 11.3 Å². The highest BCUT2D eigenvalue weighted by Crippen LogP contribution is 2.15. The van der Waals surface area contributed by atoms with Crippen LogP contribution in [0.15, 0.2) is 24.3 Å². The summed E-state index contributed by atoms with van der Waals surface area (Å²) in [4.78, 5) is 23.4. The van der Waals surface area contributed by atoms with Gasteiger partial charge < -0.3 is 16.0 Å². The molecule has 0 bridgehead atoms. The third-order valence-corrected chi connectivity index (χ3v) is 3.05. The molecule has 0 aliphatic rings. The average molecular weight is 321 g/mol. The van der Waals surface area contributed by atoms with E-state index in [1.807, 2.05) is 34.6 Å². The highest BCUT2D eigenvalue weighted by molar-refractivity contribution is 7.80. The fourth-order valence-electron chi connectivity index (χ4n) is 1.38. The first kappa shape index (κ1) is 18.1. The molecule has 0 atom stereocenters. The smallest absolute Gasteiger partial charge is 0.231 e. The summed E-state index contributed by atoms with van der Waals surface area (Å²) in [5.74, 6) is -0.252. The molecule has 5 nitrogen and oxygen atoms in total. The van der Waals surface area contributed by atoms with E-state index in [-0.39, 0.29) is 22.8 Å². The topological polar surface area (TPSA) is 70.2 Å². The number of hydrogen-bond acceptors (Lipinski definition) is 3. The molecule has 1 aromatic rings. The van der Waals surface area contributed by atoms with Crippen molar-refractivity contribution < 1.29 is 9.59 Å². The fourth-order valence-corrected chi connectivity index (χ4v) is 1.59. The molecule has 0 aliphatic carbocycles. The summed E-state index contributed by atoms with van der Waals surface area (Å²) in [6.45, 7) is 9.12. The lowest BCUT2D eigenvalue weighted by Crippen LogP contribution is -2.41. The van der Waals surface area contributed by atoms with Gasteiger partial charge >= 0.3 is 0 Å². The number of nitrogens with one attached hydrogen (secondary N) is 3. The fraction of sp³-hybridized carbons (Fsp3) is 0.438. The zero-order valence-corrected chi connectivity index (χ0v) is 14.4. The first-order valence-electron chi connectivity index (χ1n) is 7.13. The number of anilines is 2. The Kier molecular flexibility index (Phi) is 6.05. The van der Waals surface area contributed by atoms with E-state index < -0.39 is 5.41 Å². The van der Waals surface area contributed by atoms with Gasteiger partial charge in [-0.3, -0.25) is 9.59 Å². The van der Waals surface area contributed by atoms with Crippen LogP contribution >= 0.6 is 12.2 Å². The van der Waals surface area contributed by atoms with Gasteiger partial charge in [-0.05, 0) is 36.5 Å². The molecule has 22 heavy (non-hydrogen) atoms. The molecule has 0 spiro atoms. The maximum atomic E-state index is 11.8. The van der Waals surface area contributed by atoms with Crippen LogP contribution in [0.4, 0.5) is 11.4 Å². The number of amides is 2. The van der Waals surface area contributed by atoms with E-state index in [0.717, 1.165) is 5.69 Å². The maximum absolute atomic E-state index is 11.8. The Labute approximate surface area is 136 Å². The Morgan fingerprint density at radius 2 is 1.45 bits per heavy atom. The summed E-state index contributed by atoms with van der Waals surface area (Å²) >= 11 is 5.11. The van der Waals surface area contributed by atoms with Gasteiger partial charge in [0.05, 0.1) is 0 Å². The summed E-state index contributed by atoms with van der Waals surface area (Å²) in [7, 11) is 0. The number of carbonyl (C=O) groups is 2. The molecule has 6 heteroatoms. The standard InChI is InChI=1S/C16H23N3O2S/c1-10(2)13(20)17-11-6-8-12(9-7-11)18-15(22)19-14(21)16(3,4)5/h6-10H,1-5H3,(H,17,20)(H2,18,19,21,22). The SMILES string of the molecule is CC(C)C(=O)Nc1ccc(NC(=S)NC(=O)C(C)(C)C)cc1. The maximum Gasteiger partial charge on any atom is 0.231 e. The highest BCUT2D eigenvalue weighted by Gasteiger charge is 2.21. The van der Waals surface area contributed by atoms with Crippen molar-refractivity contribution in [3.63, 3.8) is 0 Å². The van der Waals surface area contributed by atoms with E-state index in [1.54, 1.807) is 24.3 Å². The third-order valence-electron chi connectivity index (χ3n) is 2.84. The molecule has 0 aromatic heterocycles. The van der Waals surface area contributed by atoms with Crippen LogP contribution in [0.2, 0.25) is 0 Å². The summed E-state index contributed by atoms with van der Waals surface area (Å²) in [6, 6.07) is 7.12. The minimum absolute atomic E-state index is 0.0336. The Morgan fingerprint density at radius 3 is 1.86 bits per heavy atom. The van der Waals surface area contributed by atoms with Crippen LogP contribution in [0.3, 0.4) is 0 Å². The molecule has 0 fully saturated rings. The normalized spacial score (nSPS) is 11.0. The van der Waals surface area contributed by atoms with Crippen molar-refractivity contribution in [3.8, 4) is 0 Å². The lowest BCUT2D eigenvalue weighted by Gasteiger charge is -2.18. The van der Waals surface area contributed by atoms with Gasteiger partial charge in [0.2, 0.25) is 11.8 Å². The number of hydrogen-bond donors (Lipinski definition) is 3. The first-order valence-corrected chi connectivity index (χ1v) is 7.54. The average Bonchev–Trinajstić information content (AvgIpc) is 2.39. The number of carbonyl (C=O) groups excluding carboxylic acids is 2. The van der Waals surface area contributed by atoms with E-state index in [2.05, 4.69) is 16.0 Å². The summed E-state index contributed by atoms with van der Waals surface area (Å²) < 4.78 is 0. The van der Waals surface area contributed by atoms with Crippen LogP contribution in [0.1, 0.15) is 34.6 Å². The number of rotatable bonds is 3. The Balaban J connectivity index is 2.59. The van der Waals surface area contributed by atoms with Gasteiger partial charge in [0.1, 0.15) is 0 Å². The van der Waals surface area contributed by atoms with Crippen molar-refractivity contribution in [3.05, 3.63) is 24.3 Å². The summed E-state index contributed by atoms with van der Waals surface area (Å²) in [5, 5.41) is 8.63. The van der Waals surface area contributed by atoms with Crippen molar-refractivity contribution in [1.82, 2.24) is 5.32 Å². The van der Waals surface area contributed by atoms with E-state index in [1.165, 1.54) is 0 Å². The number of thiocarbonyl (C=S) groups is 1. The predicted octanol–water partition coefficient (Wildman–Crippen LogP) is 3.14. The minimum atomic E-state index is -0.503. The Hall–Kier alpha value is -1.95. The molecule has 0 saturated heterocycles. The minimum Gasteiger partial charge on any atom is -0.332 e. The van der Waals surface area contributed by atoms with Gasteiger partial charge in [-0.25, -0.2) is 0 Å². The molecule has 3 N–H and O–H groups in total.